The van der Waals surface area contributed by atoms with E-state index in [0.717, 1.165) is 50.1 Å². The largest absolute Gasteiger partial charge is 0.497 e. The van der Waals surface area contributed by atoms with Crippen molar-refractivity contribution in [3.05, 3.63) is 35.5 Å². The van der Waals surface area contributed by atoms with Gasteiger partial charge in [-0.05, 0) is 31.0 Å². The van der Waals surface area contributed by atoms with Gasteiger partial charge in [-0.1, -0.05) is 12.1 Å². The van der Waals surface area contributed by atoms with Crippen molar-refractivity contribution in [1.82, 2.24) is 9.97 Å². The van der Waals surface area contributed by atoms with Crippen molar-refractivity contribution >= 4 is 33.3 Å². The maximum atomic E-state index is 8.69. The number of benzene rings is 1. The molecular formula is C18H17N3OS2. The third kappa shape index (κ3) is 3.53. The Hall–Kier alpha value is -2.10. The molecule has 0 amide bonds. The molecule has 0 bridgehead atoms. The first kappa shape index (κ1) is 16.7. The molecule has 3 rings (SSSR count). The second-order valence-electron chi connectivity index (χ2n) is 5.24. The van der Waals surface area contributed by atoms with Crippen LogP contribution in [0.5, 0.6) is 5.75 Å². The van der Waals surface area contributed by atoms with Crippen LogP contribution in [0.15, 0.2) is 34.7 Å². The summed E-state index contributed by atoms with van der Waals surface area (Å²) in [6, 6.07) is 10.2. The predicted octanol–water partition coefficient (Wildman–Crippen LogP) is 5.07. The number of hydrogen-bond acceptors (Lipinski definition) is 6. The first-order valence-electron chi connectivity index (χ1n) is 7.63. The summed E-state index contributed by atoms with van der Waals surface area (Å²) in [4.78, 5) is 10.2. The van der Waals surface area contributed by atoms with Crippen molar-refractivity contribution in [3.8, 4) is 22.9 Å². The number of fused-ring (bicyclic) bond motifs is 1. The Kier molecular flexibility index (Phi) is 5.34. The Balaban J connectivity index is 2.00. The molecule has 2 aromatic heterocycles. The predicted molar refractivity (Wildman–Crippen MR) is 99.7 cm³/mol. The van der Waals surface area contributed by atoms with Gasteiger partial charge in [0.2, 0.25) is 0 Å². The highest BCUT2D eigenvalue weighted by atomic mass is 32.2. The number of ether oxygens (including phenoxy) is 1. The highest BCUT2D eigenvalue weighted by molar-refractivity contribution is 7.99. The second-order valence-corrected chi connectivity index (χ2v) is 7.19. The van der Waals surface area contributed by atoms with Crippen LogP contribution in [0.2, 0.25) is 0 Å². The SMILES string of the molecule is COc1ccc(-c2csc3nc(C)nc(SCCCC#N)c23)cc1. The minimum atomic E-state index is 0.579. The summed E-state index contributed by atoms with van der Waals surface area (Å²) in [6.07, 6.45) is 1.45. The summed E-state index contributed by atoms with van der Waals surface area (Å²) >= 11 is 3.35. The molecule has 0 spiro atoms. The van der Waals surface area contributed by atoms with E-state index in [1.54, 1.807) is 30.2 Å². The van der Waals surface area contributed by atoms with Gasteiger partial charge in [0, 0.05) is 23.1 Å². The molecule has 2 heterocycles. The van der Waals surface area contributed by atoms with E-state index in [-0.39, 0.29) is 0 Å². The topological polar surface area (TPSA) is 58.8 Å². The van der Waals surface area contributed by atoms with Gasteiger partial charge < -0.3 is 4.74 Å². The fourth-order valence-electron chi connectivity index (χ4n) is 2.42. The lowest BCUT2D eigenvalue weighted by molar-refractivity contribution is 0.415. The third-order valence-corrected chi connectivity index (χ3v) is 5.52. The Morgan fingerprint density at radius 1 is 1.25 bits per heavy atom. The molecule has 6 heteroatoms. The molecule has 0 aliphatic heterocycles. The lowest BCUT2D eigenvalue weighted by atomic mass is 10.1. The summed E-state index contributed by atoms with van der Waals surface area (Å²) in [5, 5.41) is 12.9. The number of thioether (sulfide) groups is 1. The van der Waals surface area contributed by atoms with Crippen LogP contribution < -0.4 is 4.74 Å². The molecular weight excluding hydrogens is 338 g/mol. The highest BCUT2D eigenvalue weighted by Gasteiger charge is 2.14. The van der Waals surface area contributed by atoms with Crippen LogP contribution in [0.25, 0.3) is 21.3 Å². The minimum Gasteiger partial charge on any atom is -0.497 e. The Morgan fingerprint density at radius 2 is 2.04 bits per heavy atom. The number of hydrogen-bond donors (Lipinski definition) is 0. The number of rotatable bonds is 6. The number of methoxy groups -OCH3 is 1. The van der Waals surface area contributed by atoms with Crippen molar-refractivity contribution in [3.63, 3.8) is 0 Å². The fraction of sp³-hybridized carbons (Fsp3) is 0.278. The lowest BCUT2D eigenvalue weighted by Gasteiger charge is -2.07. The van der Waals surface area contributed by atoms with Crippen molar-refractivity contribution in [2.75, 3.05) is 12.9 Å². The van der Waals surface area contributed by atoms with Gasteiger partial charge in [0.15, 0.2) is 0 Å². The van der Waals surface area contributed by atoms with Crippen LogP contribution in [0.1, 0.15) is 18.7 Å². The van der Waals surface area contributed by atoms with Crippen LogP contribution in [0.4, 0.5) is 0 Å². The number of nitriles is 1. The summed E-state index contributed by atoms with van der Waals surface area (Å²) in [5.41, 5.74) is 2.29. The number of aryl methyl sites for hydroxylation is 1. The Labute approximate surface area is 149 Å². The highest BCUT2D eigenvalue weighted by Crippen LogP contribution is 2.38. The van der Waals surface area contributed by atoms with Gasteiger partial charge in [-0.2, -0.15) is 5.26 Å². The number of aromatic nitrogens is 2. The van der Waals surface area contributed by atoms with Gasteiger partial charge in [-0.3, -0.25) is 0 Å². The van der Waals surface area contributed by atoms with Gasteiger partial charge in [-0.25, -0.2) is 9.97 Å². The maximum Gasteiger partial charge on any atom is 0.128 e. The molecule has 0 radical (unpaired) electrons. The molecule has 0 saturated carbocycles. The zero-order valence-corrected chi connectivity index (χ0v) is 15.2. The number of nitrogens with zero attached hydrogens (tertiary/aromatic N) is 3. The lowest BCUT2D eigenvalue weighted by Crippen LogP contribution is -1.92. The second kappa shape index (κ2) is 7.65. The van der Waals surface area contributed by atoms with Crippen LogP contribution >= 0.6 is 23.1 Å². The first-order valence-corrected chi connectivity index (χ1v) is 9.49. The average Bonchev–Trinajstić information content (AvgIpc) is 3.02. The molecule has 0 unspecified atom stereocenters. The monoisotopic (exact) mass is 355 g/mol. The molecule has 122 valence electrons. The summed E-state index contributed by atoms with van der Waals surface area (Å²) in [7, 11) is 1.67. The van der Waals surface area contributed by atoms with Crippen molar-refractivity contribution < 1.29 is 4.74 Å². The van der Waals surface area contributed by atoms with Crippen molar-refractivity contribution in [2.24, 2.45) is 0 Å². The van der Waals surface area contributed by atoms with E-state index in [9.17, 15) is 0 Å². The van der Waals surface area contributed by atoms with Crippen molar-refractivity contribution in [1.29, 1.82) is 5.26 Å². The van der Waals surface area contributed by atoms with Crippen LogP contribution in [-0.2, 0) is 0 Å². The maximum absolute atomic E-state index is 8.69. The molecule has 3 aromatic rings. The third-order valence-electron chi connectivity index (χ3n) is 3.58. The minimum absolute atomic E-state index is 0.579. The molecule has 0 fully saturated rings. The van der Waals surface area contributed by atoms with Gasteiger partial charge in [0.1, 0.15) is 21.4 Å². The first-order chi connectivity index (χ1) is 11.7. The van der Waals surface area contributed by atoms with Gasteiger partial charge >= 0.3 is 0 Å². The summed E-state index contributed by atoms with van der Waals surface area (Å²) in [6.45, 7) is 1.92. The molecule has 0 aliphatic carbocycles. The Morgan fingerprint density at radius 3 is 2.75 bits per heavy atom. The van der Waals surface area contributed by atoms with E-state index < -0.39 is 0 Å². The average molecular weight is 355 g/mol. The molecule has 0 N–H and O–H groups in total. The normalized spacial score (nSPS) is 10.7. The summed E-state index contributed by atoms with van der Waals surface area (Å²) in [5.74, 6) is 2.52. The van der Waals surface area contributed by atoms with E-state index in [0.29, 0.717) is 6.42 Å². The van der Waals surface area contributed by atoms with E-state index in [4.69, 9.17) is 10.00 Å². The van der Waals surface area contributed by atoms with Gasteiger partial charge in [0.25, 0.3) is 0 Å². The van der Waals surface area contributed by atoms with Crippen LogP contribution in [0, 0.1) is 18.3 Å². The van der Waals surface area contributed by atoms with Gasteiger partial charge in [0.05, 0.1) is 18.6 Å². The molecule has 0 saturated heterocycles. The molecule has 4 nitrogen and oxygen atoms in total. The van der Waals surface area contributed by atoms with Crippen molar-refractivity contribution in [2.45, 2.75) is 24.8 Å². The zero-order valence-electron chi connectivity index (χ0n) is 13.6. The zero-order chi connectivity index (χ0) is 16.9. The quantitative estimate of drug-likeness (QED) is 0.351. The van der Waals surface area contributed by atoms with E-state index >= 15 is 0 Å². The fourth-order valence-corrected chi connectivity index (χ4v) is 4.51. The van der Waals surface area contributed by atoms with E-state index in [2.05, 4.69) is 33.5 Å². The summed E-state index contributed by atoms with van der Waals surface area (Å²) < 4.78 is 5.24. The van der Waals surface area contributed by atoms with Crippen LogP contribution in [-0.4, -0.2) is 22.8 Å². The molecule has 1 aromatic carbocycles. The molecule has 24 heavy (non-hydrogen) atoms. The van der Waals surface area contributed by atoms with Crippen LogP contribution in [0.3, 0.4) is 0 Å². The molecule has 0 aliphatic rings. The van der Waals surface area contributed by atoms with E-state index in [1.165, 1.54) is 0 Å². The Bertz CT molecular complexity index is 882. The smallest absolute Gasteiger partial charge is 0.128 e. The number of unbranched alkanes of at least 4 members (excludes halogenated alkanes) is 1. The number of thiophene rings is 1. The van der Waals surface area contributed by atoms with E-state index in [1.807, 2.05) is 19.1 Å². The standard InChI is InChI=1S/C18H17N3OS2/c1-12-20-17(23-10-4-3-9-19)16-15(11-24-18(16)21-12)13-5-7-14(22-2)8-6-13/h5-8,11H,3-4,10H2,1-2H3. The molecule has 0 atom stereocenters. The van der Waals surface area contributed by atoms with Gasteiger partial charge in [-0.15, -0.1) is 23.1 Å².